The summed E-state index contributed by atoms with van der Waals surface area (Å²) >= 11 is 0. The minimum atomic E-state index is -1.49. The van der Waals surface area contributed by atoms with Crippen molar-refractivity contribution in [2.24, 2.45) is 10.8 Å². The van der Waals surface area contributed by atoms with E-state index in [2.05, 4.69) is 0 Å². The first-order valence-electron chi connectivity index (χ1n) is 4.79. The van der Waals surface area contributed by atoms with Gasteiger partial charge >= 0.3 is 5.97 Å². The molecule has 0 aromatic carbocycles. The molecule has 0 heterocycles. The number of carbonyl (C=O) groups excluding carboxylic acids is 2. The first kappa shape index (κ1) is 18.1. The van der Waals surface area contributed by atoms with Gasteiger partial charge in [-0.2, -0.15) is 0 Å². The Kier molecular flexibility index (Phi) is 6.60. The first-order valence-corrected chi connectivity index (χ1v) is 4.79. The summed E-state index contributed by atoms with van der Waals surface area (Å²) in [5.74, 6) is -1.98. The molecule has 0 unspecified atom stereocenters. The minimum Gasteiger partial charge on any atom is -0.481 e. The topological polar surface area (TPSA) is 71.4 Å². The Bertz CT molecular complexity index is 300. The monoisotopic (exact) mass is 394 g/mol. The predicted molar refractivity (Wildman–Crippen MR) is 55.5 cm³/mol. The van der Waals surface area contributed by atoms with Gasteiger partial charge in [-0.15, -0.1) is 0 Å². The van der Waals surface area contributed by atoms with E-state index in [1.54, 1.807) is 20.8 Å². The van der Waals surface area contributed by atoms with Crippen LogP contribution in [-0.2, 0) is 40.2 Å². The molecule has 0 aromatic heterocycles. The number of carboxylic acid groups (broad SMARTS) is 1. The van der Waals surface area contributed by atoms with Crippen molar-refractivity contribution in [1.82, 2.24) is 0 Å². The van der Waals surface area contributed by atoms with E-state index in [4.69, 9.17) is 5.11 Å². The van der Waals surface area contributed by atoms with Crippen LogP contribution in [0.4, 0.5) is 0 Å². The molecule has 90 valence electrons. The van der Waals surface area contributed by atoms with Crippen LogP contribution in [0.3, 0.4) is 0 Å². The molecule has 0 aliphatic rings. The third-order valence-corrected chi connectivity index (χ3v) is 2.39. The summed E-state index contributed by atoms with van der Waals surface area (Å²) < 4.78 is 0. The zero-order chi connectivity index (χ0) is 12.4. The molecule has 16 heavy (non-hydrogen) atoms. The molecule has 0 aliphatic heterocycles. The van der Waals surface area contributed by atoms with E-state index in [0.29, 0.717) is 0 Å². The molecule has 0 amide bonds. The van der Waals surface area contributed by atoms with Gasteiger partial charge in [-0.3, -0.25) is 14.4 Å². The van der Waals surface area contributed by atoms with Crippen molar-refractivity contribution in [2.45, 2.75) is 41.0 Å². The average Bonchev–Trinajstić information content (AvgIpc) is 2.01. The third kappa shape index (κ3) is 4.68. The summed E-state index contributed by atoms with van der Waals surface area (Å²) in [6, 6.07) is 0. The van der Waals surface area contributed by atoms with Crippen molar-refractivity contribution < 1.29 is 45.3 Å². The largest absolute Gasteiger partial charge is 0.481 e. The van der Waals surface area contributed by atoms with E-state index in [1.165, 1.54) is 13.8 Å². The number of ketones is 2. The van der Waals surface area contributed by atoms with Crippen molar-refractivity contribution in [3.8, 4) is 0 Å². The number of rotatable bonds is 4. The molecule has 0 saturated heterocycles. The number of carboxylic acids is 1. The van der Waals surface area contributed by atoms with Gasteiger partial charge < -0.3 is 5.11 Å². The van der Waals surface area contributed by atoms with Gasteiger partial charge in [0.05, 0.1) is 6.42 Å². The minimum absolute atomic E-state index is 0. The van der Waals surface area contributed by atoms with Gasteiger partial charge in [-0.05, 0) is 13.8 Å². The van der Waals surface area contributed by atoms with Crippen LogP contribution in [0.5, 0.6) is 0 Å². The second-order valence-corrected chi connectivity index (χ2v) is 5.20. The Labute approximate surface area is 115 Å². The van der Waals surface area contributed by atoms with E-state index in [1.807, 2.05) is 0 Å². The summed E-state index contributed by atoms with van der Waals surface area (Å²) in [4.78, 5) is 33.9. The molecule has 0 aliphatic carbocycles. The first-order chi connectivity index (χ1) is 6.49. The Morgan fingerprint density at radius 1 is 0.938 bits per heavy atom. The number of carbonyl (C=O) groups is 3. The maximum absolute atomic E-state index is 11.6. The van der Waals surface area contributed by atoms with Gasteiger partial charge in [0.2, 0.25) is 0 Å². The zero-order valence-corrected chi connectivity index (χ0v) is 14.0. The average molecular weight is 393 g/mol. The van der Waals surface area contributed by atoms with Crippen molar-refractivity contribution in [3.63, 3.8) is 0 Å². The molecular formula is C11H18HfO4. The molecule has 0 radical (unpaired) electrons. The van der Waals surface area contributed by atoms with Crippen LogP contribution in [0.2, 0.25) is 0 Å². The molecule has 0 rings (SSSR count). The SMILES string of the molecule is CC(C)(C)C(=O)CC(=O)C(C)(C)C(=O)O.[Hf]. The Morgan fingerprint density at radius 3 is 1.56 bits per heavy atom. The Balaban J connectivity index is 0. The van der Waals surface area contributed by atoms with Crippen LogP contribution in [0.1, 0.15) is 41.0 Å². The number of Topliss-reactive ketones (excluding diaryl/α,β-unsaturated/α-hetero) is 2. The van der Waals surface area contributed by atoms with Crippen molar-refractivity contribution >= 4 is 17.5 Å². The van der Waals surface area contributed by atoms with E-state index >= 15 is 0 Å². The van der Waals surface area contributed by atoms with Crippen LogP contribution < -0.4 is 0 Å². The third-order valence-electron chi connectivity index (χ3n) is 2.39. The molecule has 1 N–H and O–H groups in total. The van der Waals surface area contributed by atoms with Crippen molar-refractivity contribution in [3.05, 3.63) is 0 Å². The summed E-state index contributed by atoms with van der Waals surface area (Å²) in [5.41, 5.74) is -2.09. The molecule has 0 bridgehead atoms. The maximum Gasteiger partial charge on any atom is 0.316 e. The normalized spacial score (nSPS) is 11.6. The van der Waals surface area contributed by atoms with Crippen LogP contribution in [0, 0.1) is 10.8 Å². The standard InChI is InChI=1S/C11H18O4.Hf/c1-10(2,3)7(12)6-8(13)11(4,5)9(14)15;/h6H2,1-5H3,(H,14,15);. The van der Waals surface area contributed by atoms with E-state index in [-0.39, 0.29) is 38.0 Å². The fourth-order valence-electron chi connectivity index (χ4n) is 0.751. The summed E-state index contributed by atoms with van der Waals surface area (Å²) in [7, 11) is 0. The van der Waals surface area contributed by atoms with E-state index < -0.39 is 22.6 Å². The molecular weight excluding hydrogens is 375 g/mol. The second kappa shape index (κ2) is 5.85. The summed E-state index contributed by atoms with van der Waals surface area (Å²) in [6.45, 7) is 7.74. The van der Waals surface area contributed by atoms with Crippen molar-refractivity contribution in [2.75, 3.05) is 0 Å². The van der Waals surface area contributed by atoms with Crippen molar-refractivity contribution in [1.29, 1.82) is 0 Å². The molecule has 0 atom stereocenters. The van der Waals surface area contributed by atoms with Gasteiger partial charge in [0.25, 0.3) is 0 Å². The smallest absolute Gasteiger partial charge is 0.316 e. The van der Waals surface area contributed by atoms with Gasteiger partial charge in [-0.1, -0.05) is 20.8 Å². The predicted octanol–water partition coefficient (Wildman–Crippen LogP) is 1.67. The summed E-state index contributed by atoms with van der Waals surface area (Å²) in [5, 5.41) is 8.80. The van der Waals surface area contributed by atoms with Gasteiger partial charge in [0.15, 0.2) is 5.78 Å². The quantitative estimate of drug-likeness (QED) is 0.583. The molecule has 0 saturated carbocycles. The van der Waals surface area contributed by atoms with Crippen LogP contribution in [0.15, 0.2) is 0 Å². The molecule has 0 aromatic rings. The maximum atomic E-state index is 11.6. The fraction of sp³-hybridized carbons (Fsp3) is 0.727. The van der Waals surface area contributed by atoms with Gasteiger partial charge in [0.1, 0.15) is 11.2 Å². The molecule has 5 heteroatoms. The summed E-state index contributed by atoms with van der Waals surface area (Å²) in [6.07, 6.45) is -0.317. The van der Waals surface area contributed by atoms with Gasteiger partial charge in [0, 0.05) is 31.3 Å². The fourth-order valence-corrected chi connectivity index (χ4v) is 0.751. The number of hydrogen-bond donors (Lipinski definition) is 1. The molecule has 4 nitrogen and oxygen atoms in total. The van der Waals surface area contributed by atoms with Crippen LogP contribution in [0.25, 0.3) is 0 Å². The molecule has 0 fully saturated rings. The van der Waals surface area contributed by atoms with Gasteiger partial charge in [-0.25, -0.2) is 0 Å². The van der Waals surface area contributed by atoms with E-state index in [9.17, 15) is 14.4 Å². The second-order valence-electron chi connectivity index (χ2n) is 5.20. The van der Waals surface area contributed by atoms with Crippen LogP contribution >= 0.6 is 0 Å². The Morgan fingerprint density at radius 2 is 1.31 bits per heavy atom. The van der Waals surface area contributed by atoms with Crippen LogP contribution in [-0.4, -0.2) is 22.6 Å². The molecule has 0 spiro atoms. The van der Waals surface area contributed by atoms with E-state index in [0.717, 1.165) is 0 Å². The zero-order valence-electron chi connectivity index (χ0n) is 10.4. The number of hydrogen-bond acceptors (Lipinski definition) is 3. The number of aliphatic carboxylic acids is 1. The Hall–Kier alpha value is -0.320.